The highest BCUT2D eigenvalue weighted by Crippen LogP contribution is 2.32. The van der Waals surface area contributed by atoms with Crippen LogP contribution >= 0.6 is 23.2 Å². The predicted molar refractivity (Wildman–Crippen MR) is 69.5 cm³/mol. The zero-order chi connectivity index (χ0) is 11.8. The van der Waals surface area contributed by atoms with E-state index in [-0.39, 0.29) is 0 Å². The summed E-state index contributed by atoms with van der Waals surface area (Å²) in [4.78, 5) is 0. The van der Waals surface area contributed by atoms with Gasteiger partial charge in [0.1, 0.15) is 11.5 Å². The summed E-state index contributed by atoms with van der Waals surface area (Å²) in [6.07, 6.45) is 0. The lowest BCUT2D eigenvalue weighted by Gasteiger charge is -2.05. The Balaban J connectivity index is 1.91. The third kappa shape index (κ3) is 1.96. The Morgan fingerprint density at radius 3 is 2.06 bits per heavy atom. The summed E-state index contributed by atoms with van der Waals surface area (Å²) in [7, 11) is -0.456. The van der Waals surface area contributed by atoms with Gasteiger partial charge in [0, 0.05) is 5.46 Å². The average Bonchev–Trinajstić information content (AvgIpc) is 2.76. The quantitative estimate of drug-likeness (QED) is 0.737. The fourth-order valence-electron chi connectivity index (χ4n) is 1.69. The second kappa shape index (κ2) is 4.17. The molecule has 1 aliphatic rings. The van der Waals surface area contributed by atoms with Crippen LogP contribution in [0.3, 0.4) is 0 Å². The highest BCUT2D eigenvalue weighted by molar-refractivity contribution is 6.64. The third-order valence-corrected chi connectivity index (χ3v) is 3.27. The normalized spacial score (nSPS) is 12.9. The maximum absolute atomic E-state index is 5.96. The van der Waals surface area contributed by atoms with Crippen molar-refractivity contribution >= 4 is 35.8 Å². The van der Waals surface area contributed by atoms with E-state index in [4.69, 9.17) is 32.5 Å². The van der Waals surface area contributed by atoms with Crippen LogP contribution in [0.5, 0.6) is 11.5 Å². The molecule has 5 heteroatoms. The lowest BCUT2D eigenvalue weighted by atomic mass is 9.79. The Hall–Kier alpha value is -1.32. The van der Waals surface area contributed by atoms with E-state index in [1.807, 2.05) is 30.3 Å². The second-order valence-corrected chi connectivity index (χ2v) is 4.50. The minimum absolute atomic E-state index is 0.456. The molecule has 0 bridgehead atoms. The molecule has 1 aliphatic heterocycles. The summed E-state index contributed by atoms with van der Waals surface area (Å²) in [6, 6.07) is 12.9. The summed E-state index contributed by atoms with van der Waals surface area (Å²) in [5.41, 5.74) is 0.843. The molecule has 0 fully saturated rings. The number of hydrogen-bond donors (Lipinski definition) is 0. The average molecular weight is 265 g/mol. The molecular formula is C12H7BCl2O2. The molecule has 0 radical (unpaired) electrons. The summed E-state index contributed by atoms with van der Waals surface area (Å²) in [5.74, 6) is 1.48. The van der Waals surface area contributed by atoms with Gasteiger partial charge in [0.05, 0.1) is 10.0 Å². The molecule has 84 valence electrons. The van der Waals surface area contributed by atoms with E-state index in [2.05, 4.69) is 0 Å². The van der Waals surface area contributed by atoms with Gasteiger partial charge in [-0.3, -0.25) is 0 Å². The first-order valence-corrected chi connectivity index (χ1v) is 5.87. The summed E-state index contributed by atoms with van der Waals surface area (Å²) < 4.78 is 11.3. The summed E-state index contributed by atoms with van der Waals surface area (Å²) >= 11 is 11.8. The van der Waals surface area contributed by atoms with E-state index >= 15 is 0 Å². The highest BCUT2D eigenvalue weighted by atomic mass is 35.5. The first-order valence-electron chi connectivity index (χ1n) is 5.11. The van der Waals surface area contributed by atoms with Gasteiger partial charge in [0.15, 0.2) is 0 Å². The van der Waals surface area contributed by atoms with E-state index in [1.165, 1.54) is 0 Å². The van der Waals surface area contributed by atoms with E-state index in [0.29, 0.717) is 10.0 Å². The zero-order valence-electron chi connectivity index (χ0n) is 8.69. The number of para-hydroxylation sites is 2. The van der Waals surface area contributed by atoms with Gasteiger partial charge in [-0.2, -0.15) is 0 Å². The fourth-order valence-corrected chi connectivity index (χ4v) is 2.00. The van der Waals surface area contributed by atoms with Crippen molar-refractivity contribution < 1.29 is 9.31 Å². The maximum Gasteiger partial charge on any atom is 0.632 e. The lowest BCUT2D eigenvalue weighted by Crippen LogP contribution is -2.38. The van der Waals surface area contributed by atoms with Crippen LogP contribution in [0.1, 0.15) is 0 Å². The van der Waals surface area contributed by atoms with Gasteiger partial charge in [0.2, 0.25) is 0 Å². The summed E-state index contributed by atoms with van der Waals surface area (Å²) in [6.45, 7) is 0. The van der Waals surface area contributed by atoms with Gasteiger partial charge in [-0.1, -0.05) is 41.4 Å². The first kappa shape index (κ1) is 10.8. The lowest BCUT2D eigenvalue weighted by molar-refractivity contribution is 0.519. The molecule has 2 nitrogen and oxygen atoms in total. The van der Waals surface area contributed by atoms with Crippen LogP contribution in [-0.2, 0) is 0 Å². The van der Waals surface area contributed by atoms with Crippen LogP contribution in [0.15, 0.2) is 42.5 Å². The minimum Gasteiger partial charge on any atom is -0.519 e. The minimum atomic E-state index is -0.456. The molecule has 0 atom stereocenters. The van der Waals surface area contributed by atoms with Gasteiger partial charge >= 0.3 is 7.12 Å². The van der Waals surface area contributed by atoms with Crippen molar-refractivity contribution in [3.63, 3.8) is 0 Å². The fraction of sp³-hybridized carbons (Fsp3) is 0. The monoisotopic (exact) mass is 264 g/mol. The van der Waals surface area contributed by atoms with Crippen molar-refractivity contribution in [2.24, 2.45) is 0 Å². The number of benzene rings is 2. The summed E-state index contributed by atoms with van der Waals surface area (Å²) in [5, 5.41) is 1.01. The van der Waals surface area contributed by atoms with Gasteiger partial charge in [0.25, 0.3) is 0 Å². The molecule has 0 aliphatic carbocycles. The van der Waals surface area contributed by atoms with E-state index in [9.17, 15) is 0 Å². The van der Waals surface area contributed by atoms with Gasteiger partial charge < -0.3 is 9.31 Å². The number of rotatable bonds is 1. The molecule has 0 unspecified atom stereocenters. The molecule has 0 spiro atoms. The Labute approximate surface area is 109 Å². The molecular weight excluding hydrogens is 258 g/mol. The van der Waals surface area contributed by atoms with Gasteiger partial charge in [-0.05, 0) is 24.3 Å². The molecule has 0 saturated carbocycles. The van der Waals surface area contributed by atoms with Crippen LogP contribution in [0.2, 0.25) is 10.0 Å². The molecule has 0 N–H and O–H groups in total. The van der Waals surface area contributed by atoms with Gasteiger partial charge in [-0.25, -0.2) is 0 Å². The second-order valence-electron chi connectivity index (χ2n) is 3.69. The Kier molecular flexibility index (Phi) is 2.65. The van der Waals surface area contributed by atoms with Crippen molar-refractivity contribution in [2.75, 3.05) is 0 Å². The van der Waals surface area contributed by atoms with Crippen molar-refractivity contribution in [1.82, 2.24) is 0 Å². The molecule has 2 aromatic carbocycles. The molecule has 0 saturated heterocycles. The molecule has 0 amide bonds. The van der Waals surface area contributed by atoms with E-state index in [0.717, 1.165) is 17.0 Å². The number of halogens is 2. The van der Waals surface area contributed by atoms with Crippen molar-refractivity contribution in [1.29, 1.82) is 0 Å². The van der Waals surface area contributed by atoms with E-state index in [1.54, 1.807) is 12.1 Å². The predicted octanol–water partition coefficient (Wildman–Crippen LogP) is 3.16. The smallest absolute Gasteiger partial charge is 0.519 e. The highest BCUT2D eigenvalue weighted by Gasteiger charge is 2.33. The van der Waals surface area contributed by atoms with Gasteiger partial charge in [-0.15, -0.1) is 0 Å². The molecule has 3 rings (SSSR count). The van der Waals surface area contributed by atoms with Crippen molar-refractivity contribution in [3.8, 4) is 11.5 Å². The Morgan fingerprint density at radius 2 is 1.47 bits per heavy atom. The standard InChI is InChI=1S/C12H7BCl2O2/c14-9-6-5-8(7-10(9)15)13-16-11-3-1-2-4-12(11)17-13/h1-7H. The van der Waals surface area contributed by atoms with Crippen LogP contribution < -0.4 is 14.8 Å². The molecule has 17 heavy (non-hydrogen) atoms. The third-order valence-electron chi connectivity index (χ3n) is 2.53. The van der Waals surface area contributed by atoms with Crippen LogP contribution in [-0.4, -0.2) is 7.12 Å². The maximum atomic E-state index is 5.96. The van der Waals surface area contributed by atoms with E-state index < -0.39 is 7.12 Å². The Morgan fingerprint density at radius 1 is 0.824 bits per heavy atom. The number of hydrogen-bond acceptors (Lipinski definition) is 2. The largest absolute Gasteiger partial charge is 0.632 e. The van der Waals surface area contributed by atoms with Crippen LogP contribution in [0, 0.1) is 0 Å². The Bertz CT molecular complexity index is 549. The molecule has 0 aromatic heterocycles. The SMILES string of the molecule is Clc1ccc(B2Oc3ccccc3O2)cc1Cl. The van der Waals surface area contributed by atoms with Crippen molar-refractivity contribution in [2.45, 2.75) is 0 Å². The van der Waals surface area contributed by atoms with Crippen molar-refractivity contribution in [3.05, 3.63) is 52.5 Å². The number of fused-ring (bicyclic) bond motifs is 1. The first-order chi connectivity index (χ1) is 8.24. The molecule has 1 heterocycles. The zero-order valence-corrected chi connectivity index (χ0v) is 10.2. The van der Waals surface area contributed by atoms with Crippen LogP contribution in [0.25, 0.3) is 0 Å². The van der Waals surface area contributed by atoms with Crippen LogP contribution in [0.4, 0.5) is 0 Å². The molecule has 2 aromatic rings. The topological polar surface area (TPSA) is 18.5 Å².